The average molecular weight is 286 g/mol. The van der Waals surface area contributed by atoms with Gasteiger partial charge in [-0.3, -0.25) is 4.21 Å². The van der Waals surface area contributed by atoms with Crippen LogP contribution in [0.15, 0.2) is 23.1 Å². The third-order valence-corrected chi connectivity index (χ3v) is 3.10. The molecule has 0 aromatic heterocycles. The molecular weight excluding hydrogens is 278 g/mol. The van der Waals surface area contributed by atoms with Gasteiger partial charge in [0, 0.05) is 16.8 Å². The van der Waals surface area contributed by atoms with Crippen LogP contribution in [0.2, 0.25) is 0 Å². The first-order valence-corrected chi connectivity index (χ1v) is 5.71. The molecule has 86 valence electrons. The van der Waals surface area contributed by atoms with Crippen LogP contribution in [0, 0.1) is 5.92 Å². The maximum absolute atomic E-state index is 10.7. The van der Waals surface area contributed by atoms with Gasteiger partial charge in [-0.1, -0.05) is 0 Å². The van der Waals surface area contributed by atoms with Gasteiger partial charge in [-0.2, -0.15) is 0 Å². The first-order chi connectivity index (χ1) is 7.58. The van der Waals surface area contributed by atoms with Crippen molar-refractivity contribution < 1.29 is 82.5 Å². The van der Waals surface area contributed by atoms with Gasteiger partial charge < -0.3 is 19.2 Å². The molecule has 1 aromatic rings. The minimum absolute atomic E-state index is 0. The Kier molecular flexibility index (Phi) is 8.28. The summed E-state index contributed by atoms with van der Waals surface area (Å²) >= 11 is -2.32. The van der Waals surface area contributed by atoms with Crippen molar-refractivity contribution in [3.8, 4) is 5.75 Å². The molecule has 1 aromatic carbocycles. The molecule has 0 N–H and O–H groups in total. The molecule has 0 amide bonds. The summed E-state index contributed by atoms with van der Waals surface area (Å²) in [5, 5.41) is 10.7. The van der Waals surface area contributed by atoms with Crippen LogP contribution in [-0.2, 0) is 22.3 Å². The van der Waals surface area contributed by atoms with E-state index < -0.39 is 23.0 Å². The zero-order valence-electron chi connectivity index (χ0n) is 10.2. The number of carbonyl (C=O) groups is 1. The molecule has 0 bridgehead atoms. The van der Waals surface area contributed by atoms with Crippen LogP contribution in [0.25, 0.3) is 0 Å². The Morgan fingerprint density at radius 3 is 2.61 bits per heavy atom. The fourth-order valence-electron chi connectivity index (χ4n) is 1.63. The van der Waals surface area contributed by atoms with Crippen LogP contribution in [0.3, 0.4) is 0 Å². The van der Waals surface area contributed by atoms with Crippen LogP contribution < -0.4 is 69.0 Å². The Bertz CT molecular complexity index is 466. The summed E-state index contributed by atoms with van der Waals surface area (Å²) in [6, 6.07) is 4.38. The molecule has 1 aliphatic rings. The van der Waals surface area contributed by atoms with Gasteiger partial charge in [0.15, 0.2) is 0 Å². The molecule has 0 radical (unpaired) electrons. The first-order valence-electron chi connectivity index (χ1n) is 4.64. The van der Waals surface area contributed by atoms with Crippen LogP contribution in [0.1, 0.15) is 5.56 Å². The van der Waals surface area contributed by atoms with Gasteiger partial charge in [0.05, 0.1) is 6.61 Å². The second kappa shape index (κ2) is 8.01. The number of carbonyl (C=O) groups excluding carboxylic acids is 1. The van der Waals surface area contributed by atoms with Crippen molar-refractivity contribution in [2.75, 3.05) is 6.61 Å². The normalized spacial score (nSPS) is 18.4. The van der Waals surface area contributed by atoms with Crippen LogP contribution in [0.4, 0.5) is 0 Å². The molecule has 0 saturated carbocycles. The van der Waals surface area contributed by atoms with Crippen molar-refractivity contribution >= 4 is 17.0 Å². The number of aliphatic carboxylic acids is 1. The number of fused-ring (bicyclic) bond motifs is 1. The molecular formula is C10H8Na2O5S. The number of carboxylic acids is 1. The third kappa shape index (κ3) is 4.31. The predicted octanol–water partition coefficient (Wildman–Crippen LogP) is -6.77. The first kappa shape index (κ1) is 18.6. The van der Waals surface area contributed by atoms with Crippen LogP contribution >= 0.6 is 0 Å². The van der Waals surface area contributed by atoms with E-state index in [1.165, 1.54) is 18.2 Å². The van der Waals surface area contributed by atoms with Gasteiger partial charge in [0.1, 0.15) is 5.75 Å². The van der Waals surface area contributed by atoms with Crippen LogP contribution in [0.5, 0.6) is 5.75 Å². The summed E-state index contributed by atoms with van der Waals surface area (Å²) in [7, 11) is 0. The van der Waals surface area contributed by atoms with E-state index in [0.717, 1.165) is 0 Å². The van der Waals surface area contributed by atoms with E-state index in [2.05, 4.69) is 0 Å². The number of rotatable bonds is 2. The summed E-state index contributed by atoms with van der Waals surface area (Å²) in [6.45, 7) is 0.0646. The topological polar surface area (TPSA) is 89.5 Å². The number of hydrogen-bond donors (Lipinski definition) is 0. The molecule has 8 heteroatoms. The van der Waals surface area contributed by atoms with Gasteiger partial charge >= 0.3 is 59.1 Å². The fourth-order valence-corrected chi connectivity index (χ4v) is 2.04. The van der Waals surface area contributed by atoms with Crippen molar-refractivity contribution in [1.29, 1.82) is 0 Å². The van der Waals surface area contributed by atoms with Crippen molar-refractivity contribution in [3.05, 3.63) is 23.8 Å². The summed E-state index contributed by atoms with van der Waals surface area (Å²) in [4.78, 5) is 10.8. The molecule has 1 aliphatic heterocycles. The van der Waals surface area contributed by atoms with Gasteiger partial charge in [-0.25, -0.2) is 0 Å². The number of carboxylic acid groups (broad SMARTS) is 1. The van der Waals surface area contributed by atoms with Gasteiger partial charge in [0.25, 0.3) is 0 Å². The van der Waals surface area contributed by atoms with E-state index in [-0.39, 0.29) is 77.0 Å². The molecule has 0 fully saturated rings. The zero-order valence-corrected chi connectivity index (χ0v) is 15.0. The Morgan fingerprint density at radius 2 is 2.06 bits per heavy atom. The minimum Gasteiger partial charge on any atom is -0.768 e. The summed E-state index contributed by atoms with van der Waals surface area (Å²) < 4.78 is 26.7. The van der Waals surface area contributed by atoms with E-state index in [9.17, 15) is 18.7 Å². The smallest absolute Gasteiger partial charge is 0.768 e. The summed E-state index contributed by atoms with van der Waals surface area (Å²) in [6.07, 6.45) is 0.239. The number of ether oxygens (including phenoxy) is 1. The monoisotopic (exact) mass is 286 g/mol. The molecule has 0 spiro atoms. The van der Waals surface area contributed by atoms with Crippen molar-refractivity contribution in [2.24, 2.45) is 5.92 Å². The average Bonchev–Trinajstić information content (AvgIpc) is 2.27. The third-order valence-electron chi connectivity index (χ3n) is 2.46. The van der Waals surface area contributed by atoms with Gasteiger partial charge in [0.2, 0.25) is 0 Å². The SMILES string of the molecule is O=C([O-])C1COc2ccc(S(=O)[O-])cc2C1.[Na+].[Na+]. The number of benzene rings is 1. The van der Waals surface area contributed by atoms with Gasteiger partial charge in [-0.15, -0.1) is 0 Å². The Hall–Kier alpha value is 0.600. The van der Waals surface area contributed by atoms with E-state index in [4.69, 9.17) is 4.74 Å². The van der Waals surface area contributed by atoms with Gasteiger partial charge in [-0.05, 0) is 41.3 Å². The van der Waals surface area contributed by atoms with E-state index in [1.54, 1.807) is 0 Å². The molecule has 2 unspecified atom stereocenters. The fraction of sp³-hybridized carbons (Fsp3) is 0.300. The Morgan fingerprint density at radius 1 is 1.39 bits per heavy atom. The largest absolute Gasteiger partial charge is 1.00 e. The van der Waals surface area contributed by atoms with Crippen molar-refractivity contribution in [3.63, 3.8) is 0 Å². The molecule has 0 saturated heterocycles. The molecule has 5 nitrogen and oxygen atoms in total. The van der Waals surface area contributed by atoms with E-state index in [1.807, 2.05) is 0 Å². The summed E-state index contributed by atoms with van der Waals surface area (Å²) in [5.41, 5.74) is 0.585. The molecule has 1 heterocycles. The second-order valence-electron chi connectivity index (χ2n) is 3.54. The van der Waals surface area contributed by atoms with E-state index >= 15 is 0 Å². The summed E-state index contributed by atoms with van der Waals surface area (Å²) in [5.74, 6) is -1.37. The van der Waals surface area contributed by atoms with E-state index in [0.29, 0.717) is 11.3 Å². The molecule has 2 atom stereocenters. The second-order valence-corrected chi connectivity index (χ2v) is 4.48. The van der Waals surface area contributed by atoms with Crippen molar-refractivity contribution in [1.82, 2.24) is 0 Å². The maximum Gasteiger partial charge on any atom is 1.00 e. The number of hydrogen-bond acceptors (Lipinski definition) is 5. The predicted molar refractivity (Wildman–Crippen MR) is 51.3 cm³/mol. The minimum atomic E-state index is -2.32. The molecule has 18 heavy (non-hydrogen) atoms. The quantitative estimate of drug-likeness (QED) is 0.398. The molecule has 0 aliphatic carbocycles. The molecule has 2 rings (SSSR count). The standard InChI is InChI=1S/C10H10O5S.2Na/c11-10(12)7-3-6-4-8(16(13)14)1-2-9(6)15-5-7;;/h1-2,4,7H,3,5H2,(H,11,12)(H,13,14);;/q;2*+1/p-2. The zero-order chi connectivity index (χ0) is 11.7. The Balaban J connectivity index is 0.00000144. The van der Waals surface area contributed by atoms with Crippen LogP contribution in [-0.4, -0.2) is 21.3 Å². The maximum atomic E-state index is 10.7. The Labute approximate surface area is 151 Å². The van der Waals surface area contributed by atoms with Crippen molar-refractivity contribution in [2.45, 2.75) is 11.3 Å².